The highest BCUT2D eigenvalue weighted by Gasteiger charge is 2.40. The van der Waals surface area contributed by atoms with Gasteiger partial charge in [0.2, 0.25) is 0 Å². The van der Waals surface area contributed by atoms with Crippen LogP contribution in [0, 0.1) is 0 Å². The van der Waals surface area contributed by atoms with Gasteiger partial charge in [-0.3, -0.25) is 9.59 Å². The lowest BCUT2D eigenvalue weighted by molar-refractivity contribution is -0.120. The number of methoxy groups -OCH3 is 2. The number of para-hydroxylation sites is 1. The van der Waals surface area contributed by atoms with E-state index in [9.17, 15) is 9.59 Å². The molecule has 38 heavy (non-hydrogen) atoms. The van der Waals surface area contributed by atoms with Crippen molar-refractivity contribution in [1.82, 2.24) is 0 Å². The van der Waals surface area contributed by atoms with Gasteiger partial charge in [-0.15, -0.1) is 0 Å². The van der Waals surface area contributed by atoms with Crippen LogP contribution in [0.5, 0.6) is 23.0 Å². The maximum Gasteiger partial charge on any atom is 0.283 e. The quantitative estimate of drug-likeness (QED) is 0.251. The molecular weight excluding hydrogens is 500 g/mol. The summed E-state index contributed by atoms with van der Waals surface area (Å²) in [7, 11) is 3.09. The van der Waals surface area contributed by atoms with Gasteiger partial charge in [-0.05, 0) is 60.7 Å². The van der Waals surface area contributed by atoms with Crippen LogP contribution in [0.1, 0.15) is 0 Å². The summed E-state index contributed by atoms with van der Waals surface area (Å²) < 4.78 is 16.6. The average Bonchev–Trinajstić information content (AvgIpc) is 3.18. The highest BCUT2D eigenvalue weighted by atomic mass is 32.2. The number of hydrogen-bond donors (Lipinski definition) is 1. The molecule has 7 nitrogen and oxygen atoms in total. The molecule has 0 radical (unpaired) electrons. The second-order valence-corrected chi connectivity index (χ2v) is 9.25. The molecule has 0 aliphatic carbocycles. The lowest BCUT2D eigenvalue weighted by Gasteiger charge is -2.16. The number of rotatable bonds is 9. The van der Waals surface area contributed by atoms with E-state index < -0.39 is 11.8 Å². The number of amides is 2. The second kappa shape index (κ2) is 11.1. The van der Waals surface area contributed by atoms with Crippen molar-refractivity contribution in [3.8, 4) is 23.0 Å². The molecule has 1 N–H and O–H groups in total. The van der Waals surface area contributed by atoms with Gasteiger partial charge in [-0.1, -0.05) is 48.2 Å². The Balaban J connectivity index is 1.47. The first kappa shape index (κ1) is 25.0. The Bertz CT molecular complexity index is 1490. The molecule has 1 heterocycles. The number of carbonyl (C=O) groups excluding carboxylic acids is 2. The van der Waals surface area contributed by atoms with Gasteiger partial charge in [0.1, 0.15) is 33.6 Å². The Labute approximate surface area is 224 Å². The summed E-state index contributed by atoms with van der Waals surface area (Å²) in [6, 6.07) is 30.8. The van der Waals surface area contributed by atoms with E-state index in [1.807, 2.05) is 60.7 Å². The molecule has 0 saturated carbocycles. The molecule has 2 amide bonds. The minimum atomic E-state index is -0.469. The SMILES string of the molecule is COc1ccc(NC2=C(Sc3ccccc3)C(=O)N(c3ccc(Oc4ccccc4)cc3)C2=O)c(OC)c1. The number of imide groups is 1. The smallest absolute Gasteiger partial charge is 0.283 e. The standard InChI is InChI=1S/C30H24N2O5S/c1-35-23-17-18-25(26(19-23)36-2)31-27-28(38-24-11-7-4-8-12-24)30(34)32(29(27)33)20-13-15-22(16-14-20)37-21-9-5-3-6-10-21/h3-19,31H,1-2H3. The summed E-state index contributed by atoms with van der Waals surface area (Å²) in [5.74, 6) is 1.47. The summed E-state index contributed by atoms with van der Waals surface area (Å²) in [5, 5.41) is 3.15. The van der Waals surface area contributed by atoms with Crippen molar-refractivity contribution in [2.24, 2.45) is 0 Å². The molecule has 0 atom stereocenters. The third kappa shape index (κ3) is 5.21. The topological polar surface area (TPSA) is 77.1 Å². The van der Waals surface area contributed by atoms with E-state index in [4.69, 9.17) is 14.2 Å². The number of ether oxygens (including phenoxy) is 3. The van der Waals surface area contributed by atoms with Gasteiger partial charge in [0, 0.05) is 11.0 Å². The van der Waals surface area contributed by atoms with E-state index in [0.29, 0.717) is 34.4 Å². The van der Waals surface area contributed by atoms with Crippen LogP contribution < -0.4 is 24.4 Å². The van der Waals surface area contributed by atoms with Crippen molar-refractivity contribution in [2.45, 2.75) is 4.90 Å². The van der Waals surface area contributed by atoms with Crippen LogP contribution in [0.2, 0.25) is 0 Å². The van der Waals surface area contributed by atoms with E-state index in [-0.39, 0.29) is 10.6 Å². The van der Waals surface area contributed by atoms with Gasteiger partial charge in [0.15, 0.2) is 0 Å². The zero-order chi connectivity index (χ0) is 26.5. The first-order valence-electron chi connectivity index (χ1n) is 11.8. The molecule has 0 unspecified atom stereocenters. The zero-order valence-electron chi connectivity index (χ0n) is 20.7. The Hall–Kier alpha value is -4.69. The van der Waals surface area contributed by atoms with Gasteiger partial charge < -0.3 is 19.5 Å². The number of hydrogen-bond acceptors (Lipinski definition) is 7. The fourth-order valence-electron chi connectivity index (χ4n) is 3.88. The third-order valence-electron chi connectivity index (χ3n) is 5.75. The molecule has 1 aliphatic heterocycles. The highest BCUT2D eigenvalue weighted by molar-refractivity contribution is 8.04. The number of benzene rings is 4. The molecule has 4 aromatic carbocycles. The van der Waals surface area contributed by atoms with Crippen LogP contribution in [0.4, 0.5) is 11.4 Å². The van der Waals surface area contributed by atoms with Gasteiger partial charge in [0.25, 0.3) is 11.8 Å². The maximum atomic E-state index is 13.7. The first-order chi connectivity index (χ1) is 18.6. The summed E-state index contributed by atoms with van der Waals surface area (Å²) in [6.07, 6.45) is 0. The van der Waals surface area contributed by atoms with Crippen LogP contribution in [0.15, 0.2) is 119 Å². The van der Waals surface area contributed by atoms with Crippen molar-refractivity contribution in [2.75, 3.05) is 24.4 Å². The maximum absolute atomic E-state index is 13.7. The Kier molecular flexibility index (Phi) is 7.33. The molecular formula is C30H24N2O5S. The van der Waals surface area contributed by atoms with Gasteiger partial charge in [0.05, 0.1) is 25.6 Å². The Morgan fingerprint density at radius 3 is 1.97 bits per heavy atom. The average molecular weight is 525 g/mol. The van der Waals surface area contributed by atoms with Crippen LogP contribution in [0.3, 0.4) is 0 Å². The molecule has 0 aromatic heterocycles. The molecule has 5 rings (SSSR count). The molecule has 190 valence electrons. The van der Waals surface area contributed by atoms with Crippen LogP contribution >= 0.6 is 11.8 Å². The Morgan fingerprint density at radius 2 is 1.32 bits per heavy atom. The van der Waals surface area contributed by atoms with E-state index in [2.05, 4.69) is 5.32 Å². The van der Waals surface area contributed by atoms with Crippen molar-refractivity contribution < 1.29 is 23.8 Å². The van der Waals surface area contributed by atoms with E-state index in [0.717, 1.165) is 9.80 Å². The van der Waals surface area contributed by atoms with Gasteiger partial charge in [-0.2, -0.15) is 0 Å². The Morgan fingerprint density at radius 1 is 0.684 bits per heavy atom. The predicted octanol–water partition coefficient (Wildman–Crippen LogP) is 6.49. The van der Waals surface area contributed by atoms with Crippen molar-refractivity contribution in [1.29, 1.82) is 0 Å². The van der Waals surface area contributed by atoms with E-state index >= 15 is 0 Å². The van der Waals surface area contributed by atoms with E-state index in [1.165, 1.54) is 18.9 Å². The molecule has 8 heteroatoms. The highest BCUT2D eigenvalue weighted by Crippen LogP contribution is 2.40. The lowest BCUT2D eigenvalue weighted by Crippen LogP contribution is -2.32. The number of nitrogens with one attached hydrogen (secondary N) is 1. The number of thioether (sulfide) groups is 1. The lowest BCUT2D eigenvalue weighted by atomic mass is 10.2. The minimum Gasteiger partial charge on any atom is -0.497 e. The van der Waals surface area contributed by atoms with Crippen molar-refractivity contribution in [3.05, 3.63) is 114 Å². The fraction of sp³-hybridized carbons (Fsp3) is 0.0667. The van der Waals surface area contributed by atoms with Crippen LogP contribution in [0.25, 0.3) is 0 Å². The van der Waals surface area contributed by atoms with Crippen molar-refractivity contribution >= 4 is 35.0 Å². The molecule has 4 aromatic rings. The molecule has 0 fully saturated rings. The molecule has 0 saturated heterocycles. The summed E-state index contributed by atoms with van der Waals surface area (Å²) in [4.78, 5) is 29.6. The van der Waals surface area contributed by atoms with Gasteiger partial charge >= 0.3 is 0 Å². The van der Waals surface area contributed by atoms with E-state index in [1.54, 1.807) is 49.6 Å². The summed E-state index contributed by atoms with van der Waals surface area (Å²) >= 11 is 1.23. The third-order valence-corrected chi connectivity index (χ3v) is 6.84. The van der Waals surface area contributed by atoms with Gasteiger partial charge in [-0.25, -0.2) is 4.90 Å². The van der Waals surface area contributed by atoms with Crippen molar-refractivity contribution in [3.63, 3.8) is 0 Å². The largest absolute Gasteiger partial charge is 0.497 e. The fourth-order valence-corrected chi connectivity index (χ4v) is 4.83. The van der Waals surface area contributed by atoms with Crippen LogP contribution in [-0.4, -0.2) is 26.0 Å². The summed E-state index contributed by atoms with van der Waals surface area (Å²) in [5.41, 5.74) is 1.13. The first-order valence-corrected chi connectivity index (χ1v) is 12.6. The van der Waals surface area contributed by atoms with Crippen LogP contribution in [-0.2, 0) is 9.59 Å². The predicted molar refractivity (Wildman–Crippen MR) is 148 cm³/mol. The molecule has 0 spiro atoms. The second-order valence-electron chi connectivity index (χ2n) is 8.17. The monoisotopic (exact) mass is 524 g/mol. The molecule has 0 bridgehead atoms. The number of anilines is 2. The minimum absolute atomic E-state index is 0.164. The normalized spacial score (nSPS) is 13.1. The number of carbonyl (C=O) groups is 2. The number of nitrogens with zero attached hydrogens (tertiary/aromatic N) is 1. The summed E-state index contributed by atoms with van der Waals surface area (Å²) in [6.45, 7) is 0. The zero-order valence-corrected chi connectivity index (χ0v) is 21.5. The molecule has 1 aliphatic rings.